The van der Waals surface area contributed by atoms with E-state index in [1.807, 2.05) is 12.1 Å². The predicted molar refractivity (Wildman–Crippen MR) is 50.8 cm³/mol. The number of carbonyl (C=O) groups excluding carboxylic acids is 1. The van der Waals surface area contributed by atoms with Gasteiger partial charge in [0, 0.05) is 10.8 Å². The van der Waals surface area contributed by atoms with Crippen LogP contribution in [0.5, 0.6) is 0 Å². The standard InChI is InChI=1S/C11H12N2O/c1-10(2)8(7(5-12)6-13)11(3,4)9(10)14/h1-4H3. The molecule has 0 atom stereocenters. The first-order valence-electron chi connectivity index (χ1n) is 4.40. The van der Waals surface area contributed by atoms with Crippen LogP contribution in [-0.4, -0.2) is 5.78 Å². The first-order chi connectivity index (χ1) is 6.30. The lowest BCUT2D eigenvalue weighted by Crippen LogP contribution is -2.54. The fourth-order valence-electron chi connectivity index (χ4n) is 2.49. The Bertz CT molecular complexity index is 378. The summed E-state index contributed by atoms with van der Waals surface area (Å²) in [4.78, 5) is 11.7. The Labute approximate surface area is 83.6 Å². The molecule has 0 aromatic carbocycles. The number of nitriles is 2. The predicted octanol–water partition coefficient (Wildman–Crippen LogP) is 1.97. The van der Waals surface area contributed by atoms with Gasteiger partial charge in [-0.2, -0.15) is 10.5 Å². The number of ketones is 1. The Morgan fingerprint density at radius 2 is 1.43 bits per heavy atom. The summed E-state index contributed by atoms with van der Waals surface area (Å²) >= 11 is 0. The highest BCUT2D eigenvalue weighted by Crippen LogP contribution is 2.56. The molecule has 3 heteroatoms. The fraction of sp³-hybridized carbons (Fsp3) is 0.545. The van der Waals surface area contributed by atoms with E-state index >= 15 is 0 Å². The van der Waals surface area contributed by atoms with Crippen molar-refractivity contribution >= 4 is 5.78 Å². The summed E-state index contributed by atoms with van der Waals surface area (Å²) < 4.78 is 0. The third-order valence-corrected chi connectivity index (χ3v) is 2.86. The van der Waals surface area contributed by atoms with E-state index in [1.54, 1.807) is 27.7 Å². The zero-order chi connectivity index (χ0) is 11.1. The van der Waals surface area contributed by atoms with Gasteiger partial charge in [0.2, 0.25) is 0 Å². The van der Waals surface area contributed by atoms with Crippen molar-refractivity contribution < 1.29 is 4.79 Å². The van der Waals surface area contributed by atoms with Crippen molar-refractivity contribution in [3.63, 3.8) is 0 Å². The van der Waals surface area contributed by atoms with Crippen LogP contribution in [0.2, 0.25) is 0 Å². The number of allylic oxidation sites excluding steroid dienone is 2. The zero-order valence-electron chi connectivity index (χ0n) is 8.80. The minimum Gasteiger partial charge on any atom is -0.298 e. The molecule has 0 aromatic rings. The van der Waals surface area contributed by atoms with Gasteiger partial charge in [0.15, 0.2) is 5.78 Å². The lowest BCUT2D eigenvalue weighted by molar-refractivity contribution is -0.141. The Hall–Kier alpha value is -1.61. The van der Waals surface area contributed by atoms with Gasteiger partial charge in [-0.05, 0) is 33.3 Å². The lowest BCUT2D eigenvalue weighted by Gasteiger charge is -2.50. The van der Waals surface area contributed by atoms with E-state index in [2.05, 4.69) is 0 Å². The van der Waals surface area contributed by atoms with Crippen molar-refractivity contribution in [3.8, 4) is 12.1 Å². The monoisotopic (exact) mass is 188 g/mol. The van der Waals surface area contributed by atoms with Gasteiger partial charge in [0.05, 0.1) is 0 Å². The van der Waals surface area contributed by atoms with Gasteiger partial charge in [0.1, 0.15) is 17.7 Å². The average Bonchev–Trinajstić information content (AvgIpc) is 2.11. The van der Waals surface area contributed by atoms with Gasteiger partial charge in [-0.3, -0.25) is 4.79 Å². The van der Waals surface area contributed by atoms with Crippen LogP contribution in [0.25, 0.3) is 0 Å². The summed E-state index contributed by atoms with van der Waals surface area (Å²) in [5, 5.41) is 17.5. The van der Waals surface area contributed by atoms with E-state index < -0.39 is 10.8 Å². The van der Waals surface area contributed by atoms with Crippen LogP contribution in [0.4, 0.5) is 0 Å². The molecule has 0 unspecified atom stereocenters. The molecule has 3 nitrogen and oxygen atoms in total. The van der Waals surface area contributed by atoms with Crippen LogP contribution >= 0.6 is 0 Å². The number of hydrogen-bond acceptors (Lipinski definition) is 3. The van der Waals surface area contributed by atoms with Crippen LogP contribution in [0.15, 0.2) is 11.1 Å². The maximum absolute atomic E-state index is 11.7. The molecule has 14 heavy (non-hydrogen) atoms. The molecular weight excluding hydrogens is 176 g/mol. The zero-order valence-corrected chi connectivity index (χ0v) is 8.80. The van der Waals surface area contributed by atoms with Crippen molar-refractivity contribution in [1.29, 1.82) is 10.5 Å². The molecule has 1 aliphatic rings. The molecule has 0 aliphatic heterocycles. The van der Waals surface area contributed by atoms with Crippen LogP contribution < -0.4 is 0 Å². The van der Waals surface area contributed by atoms with Gasteiger partial charge in [0.25, 0.3) is 0 Å². The quantitative estimate of drug-likeness (QED) is 0.546. The van der Waals surface area contributed by atoms with Crippen LogP contribution in [-0.2, 0) is 4.79 Å². The maximum Gasteiger partial charge on any atom is 0.152 e. The van der Waals surface area contributed by atoms with E-state index in [1.165, 1.54) is 0 Å². The summed E-state index contributed by atoms with van der Waals surface area (Å²) in [6.07, 6.45) is 0. The Morgan fingerprint density at radius 1 is 1.07 bits per heavy atom. The smallest absolute Gasteiger partial charge is 0.152 e. The van der Waals surface area contributed by atoms with Crippen LogP contribution in [0, 0.1) is 33.5 Å². The number of rotatable bonds is 0. The third-order valence-electron chi connectivity index (χ3n) is 2.86. The van der Waals surface area contributed by atoms with Gasteiger partial charge < -0.3 is 0 Å². The molecule has 0 heterocycles. The van der Waals surface area contributed by atoms with Crippen molar-refractivity contribution in [2.24, 2.45) is 10.8 Å². The second-order valence-corrected chi connectivity index (χ2v) is 4.55. The first-order valence-corrected chi connectivity index (χ1v) is 4.40. The second kappa shape index (κ2) is 2.69. The highest BCUT2D eigenvalue weighted by atomic mass is 16.1. The minimum absolute atomic E-state index is 0.0830. The molecule has 0 bridgehead atoms. The highest BCUT2D eigenvalue weighted by Gasteiger charge is 2.58. The third kappa shape index (κ3) is 0.992. The van der Waals surface area contributed by atoms with E-state index in [-0.39, 0.29) is 11.4 Å². The van der Waals surface area contributed by atoms with E-state index in [0.717, 1.165) is 0 Å². The van der Waals surface area contributed by atoms with E-state index in [9.17, 15) is 4.79 Å². The van der Waals surface area contributed by atoms with Crippen molar-refractivity contribution in [1.82, 2.24) is 0 Å². The second-order valence-electron chi connectivity index (χ2n) is 4.55. The largest absolute Gasteiger partial charge is 0.298 e. The van der Waals surface area contributed by atoms with Gasteiger partial charge in [-0.25, -0.2) is 0 Å². The molecule has 72 valence electrons. The molecule has 0 amide bonds. The van der Waals surface area contributed by atoms with Crippen LogP contribution in [0.1, 0.15) is 27.7 Å². The van der Waals surface area contributed by atoms with Gasteiger partial charge >= 0.3 is 0 Å². The fourth-order valence-corrected chi connectivity index (χ4v) is 2.49. The number of nitrogens with zero attached hydrogens (tertiary/aromatic N) is 2. The molecule has 1 fully saturated rings. The Balaban J connectivity index is 3.41. The molecule has 1 rings (SSSR count). The SMILES string of the molecule is CC1(C)C(=O)C(C)(C)C1=C(C#N)C#N. The molecule has 1 saturated carbocycles. The molecule has 1 aliphatic carbocycles. The summed E-state index contributed by atoms with van der Waals surface area (Å²) in [6, 6.07) is 3.70. The van der Waals surface area contributed by atoms with Gasteiger partial charge in [-0.15, -0.1) is 0 Å². The molecule has 0 aromatic heterocycles. The molecule has 0 saturated heterocycles. The summed E-state index contributed by atoms with van der Waals surface area (Å²) in [6.45, 7) is 7.02. The van der Waals surface area contributed by atoms with Crippen molar-refractivity contribution in [3.05, 3.63) is 11.1 Å². The van der Waals surface area contributed by atoms with E-state index in [4.69, 9.17) is 10.5 Å². The highest BCUT2D eigenvalue weighted by molar-refractivity contribution is 6.04. The molecule has 0 radical (unpaired) electrons. The molecule has 0 spiro atoms. The maximum atomic E-state index is 11.7. The summed E-state index contributed by atoms with van der Waals surface area (Å²) in [5.74, 6) is 0.0861. The number of carbonyl (C=O) groups is 1. The van der Waals surface area contributed by atoms with Crippen molar-refractivity contribution in [2.75, 3.05) is 0 Å². The molecule has 0 N–H and O–H groups in total. The lowest BCUT2D eigenvalue weighted by atomic mass is 9.50. The normalized spacial score (nSPS) is 21.9. The molecular formula is C11H12N2O. The van der Waals surface area contributed by atoms with Crippen LogP contribution in [0.3, 0.4) is 0 Å². The minimum atomic E-state index is -0.649. The average molecular weight is 188 g/mol. The van der Waals surface area contributed by atoms with Gasteiger partial charge in [-0.1, -0.05) is 0 Å². The first kappa shape index (κ1) is 10.5. The topological polar surface area (TPSA) is 64.7 Å². The van der Waals surface area contributed by atoms with E-state index in [0.29, 0.717) is 5.57 Å². The summed E-state index contributed by atoms with van der Waals surface area (Å²) in [7, 11) is 0. The van der Waals surface area contributed by atoms with Crippen molar-refractivity contribution in [2.45, 2.75) is 27.7 Å². The number of hydrogen-bond donors (Lipinski definition) is 0. The summed E-state index contributed by atoms with van der Waals surface area (Å²) in [5.41, 5.74) is -0.547. The Kier molecular flexibility index (Phi) is 2.01. The number of Topliss-reactive ketones (excluding diaryl/α,β-unsaturated/α-hetero) is 1. The Morgan fingerprint density at radius 3 is 1.71 bits per heavy atom.